The van der Waals surface area contributed by atoms with Gasteiger partial charge in [0.15, 0.2) is 0 Å². The second-order valence-corrected chi connectivity index (χ2v) is 7.70. The summed E-state index contributed by atoms with van der Waals surface area (Å²) in [4.78, 5) is 0. The fourth-order valence-corrected chi connectivity index (χ4v) is 3.92. The molecule has 5 nitrogen and oxygen atoms in total. The minimum atomic E-state index is -3.07. The Balaban J connectivity index is 2.32. The quantitative estimate of drug-likeness (QED) is 0.682. The lowest BCUT2D eigenvalue weighted by molar-refractivity contribution is 0.0209. The number of hydrogen-bond acceptors (Lipinski definition) is 4. The Morgan fingerprint density at radius 1 is 1.32 bits per heavy atom. The van der Waals surface area contributed by atoms with E-state index in [4.69, 9.17) is 10.5 Å². The predicted molar refractivity (Wildman–Crippen MR) is 77.5 cm³/mol. The molecule has 0 aliphatic carbocycles. The molecule has 0 bridgehead atoms. The van der Waals surface area contributed by atoms with Crippen LogP contribution in [0.3, 0.4) is 0 Å². The maximum Gasteiger partial charge on any atom is 0.214 e. The fourth-order valence-electron chi connectivity index (χ4n) is 2.12. The van der Waals surface area contributed by atoms with E-state index in [9.17, 15) is 8.42 Å². The van der Waals surface area contributed by atoms with E-state index in [2.05, 4.69) is 0 Å². The largest absolute Gasteiger partial charge is 0.378 e. The van der Waals surface area contributed by atoms with Gasteiger partial charge in [0.05, 0.1) is 11.9 Å². The van der Waals surface area contributed by atoms with Crippen molar-refractivity contribution in [2.24, 2.45) is 11.7 Å². The van der Waals surface area contributed by atoms with Gasteiger partial charge in [0.25, 0.3) is 0 Å². The first kappa shape index (κ1) is 16.9. The predicted octanol–water partition coefficient (Wildman–Crippen LogP) is 1.19. The third-order valence-electron chi connectivity index (χ3n) is 3.45. The van der Waals surface area contributed by atoms with Crippen LogP contribution in [0, 0.1) is 5.92 Å². The molecule has 114 valence electrons. The van der Waals surface area contributed by atoms with E-state index < -0.39 is 10.0 Å². The van der Waals surface area contributed by atoms with Crippen molar-refractivity contribution in [3.63, 3.8) is 0 Å². The highest BCUT2D eigenvalue weighted by Gasteiger charge is 2.27. The van der Waals surface area contributed by atoms with Gasteiger partial charge in [-0.05, 0) is 38.1 Å². The van der Waals surface area contributed by atoms with Crippen molar-refractivity contribution in [3.05, 3.63) is 0 Å². The van der Waals surface area contributed by atoms with E-state index in [0.29, 0.717) is 32.2 Å². The van der Waals surface area contributed by atoms with Gasteiger partial charge in [-0.1, -0.05) is 13.8 Å². The van der Waals surface area contributed by atoms with Gasteiger partial charge in [-0.2, -0.15) is 0 Å². The second-order valence-electron chi connectivity index (χ2n) is 5.61. The second kappa shape index (κ2) is 8.19. The maximum absolute atomic E-state index is 12.1. The van der Waals surface area contributed by atoms with Crippen LogP contribution in [0.2, 0.25) is 0 Å². The van der Waals surface area contributed by atoms with Crippen LogP contribution in [0.4, 0.5) is 0 Å². The zero-order valence-electron chi connectivity index (χ0n) is 12.2. The van der Waals surface area contributed by atoms with Gasteiger partial charge in [-0.25, -0.2) is 12.7 Å². The van der Waals surface area contributed by atoms with Gasteiger partial charge in [0, 0.05) is 19.7 Å². The molecular formula is C13H28N2O3S. The SMILES string of the molecule is CC(C)CCS(=O)(=O)N1CCC(OCCCN)CC1. The summed E-state index contributed by atoms with van der Waals surface area (Å²) in [5.41, 5.74) is 5.41. The minimum Gasteiger partial charge on any atom is -0.378 e. The Bertz CT molecular complexity index is 336. The van der Waals surface area contributed by atoms with Gasteiger partial charge >= 0.3 is 0 Å². The third kappa shape index (κ3) is 6.21. The molecule has 1 rings (SSSR count). The van der Waals surface area contributed by atoms with Crippen molar-refractivity contribution in [1.82, 2.24) is 4.31 Å². The smallest absolute Gasteiger partial charge is 0.214 e. The molecule has 0 amide bonds. The van der Waals surface area contributed by atoms with E-state index in [1.807, 2.05) is 13.8 Å². The highest BCUT2D eigenvalue weighted by atomic mass is 32.2. The zero-order valence-corrected chi connectivity index (χ0v) is 13.0. The summed E-state index contributed by atoms with van der Waals surface area (Å²) in [6, 6.07) is 0. The number of nitrogens with two attached hydrogens (primary N) is 1. The minimum absolute atomic E-state index is 0.197. The molecule has 0 atom stereocenters. The number of hydrogen-bond donors (Lipinski definition) is 1. The molecule has 0 unspecified atom stereocenters. The number of ether oxygens (including phenoxy) is 1. The average Bonchev–Trinajstić information content (AvgIpc) is 2.37. The summed E-state index contributed by atoms with van der Waals surface area (Å²) in [6.07, 6.45) is 3.39. The highest BCUT2D eigenvalue weighted by Crippen LogP contribution is 2.18. The fraction of sp³-hybridized carbons (Fsp3) is 1.00. The van der Waals surface area contributed by atoms with E-state index in [1.165, 1.54) is 0 Å². The number of piperidine rings is 1. The Morgan fingerprint density at radius 3 is 2.47 bits per heavy atom. The molecule has 2 N–H and O–H groups in total. The van der Waals surface area contributed by atoms with Crippen LogP contribution in [0.1, 0.15) is 39.5 Å². The Labute approximate surface area is 117 Å². The molecule has 0 radical (unpaired) electrons. The molecule has 1 aliphatic rings. The average molecular weight is 292 g/mol. The van der Waals surface area contributed by atoms with E-state index in [1.54, 1.807) is 4.31 Å². The molecule has 1 aliphatic heterocycles. The van der Waals surface area contributed by atoms with Crippen LogP contribution < -0.4 is 5.73 Å². The van der Waals surface area contributed by atoms with Crippen LogP contribution in [0.5, 0.6) is 0 Å². The first-order valence-electron chi connectivity index (χ1n) is 7.25. The molecule has 0 spiro atoms. The molecular weight excluding hydrogens is 264 g/mol. The molecule has 0 aromatic carbocycles. The van der Waals surface area contributed by atoms with Crippen LogP contribution in [0.25, 0.3) is 0 Å². The highest BCUT2D eigenvalue weighted by molar-refractivity contribution is 7.89. The third-order valence-corrected chi connectivity index (χ3v) is 5.35. The molecule has 19 heavy (non-hydrogen) atoms. The first-order chi connectivity index (χ1) is 8.95. The van der Waals surface area contributed by atoms with Crippen molar-refractivity contribution >= 4 is 10.0 Å². The number of sulfonamides is 1. The van der Waals surface area contributed by atoms with Gasteiger partial charge in [-0.3, -0.25) is 0 Å². The van der Waals surface area contributed by atoms with Crippen LogP contribution >= 0.6 is 0 Å². The van der Waals surface area contributed by atoms with Crippen LogP contribution in [-0.2, 0) is 14.8 Å². The normalized spacial score (nSPS) is 19.2. The standard InChI is InChI=1S/C13H28N2O3S/c1-12(2)6-11-19(16,17)15-8-4-13(5-9-15)18-10-3-7-14/h12-13H,3-11,14H2,1-2H3. The summed E-state index contributed by atoms with van der Waals surface area (Å²) < 4.78 is 31.6. The van der Waals surface area contributed by atoms with Gasteiger partial charge in [-0.15, -0.1) is 0 Å². The topological polar surface area (TPSA) is 72.6 Å². The molecule has 0 aromatic heterocycles. The van der Waals surface area contributed by atoms with Gasteiger partial charge in [0.2, 0.25) is 10.0 Å². The lowest BCUT2D eigenvalue weighted by Gasteiger charge is -2.31. The van der Waals surface area contributed by atoms with E-state index in [-0.39, 0.29) is 11.9 Å². The summed E-state index contributed by atoms with van der Waals surface area (Å²) in [5, 5.41) is 0. The van der Waals surface area contributed by atoms with Crippen molar-refractivity contribution in [2.45, 2.75) is 45.6 Å². The number of nitrogens with zero attached hydrogens (tertiary/aromatic N) is 1. The van der Waals surface area contributed by atoms with Crippen LogP contribution in [-0.4, -0.2) is 50.8 Å². The van der Waals surface area contributed by atoms with Crippen LogP contribution in [0.15, 0.2) is 0 Å². The maximum atomic E-state index is 12.1. The zero-order chi connectivity index (χ0) is 14.3. The molecule has 1 saturated heterocycles. The monoisotopic (exact) mass is 292 g/mol. The van der Waals surface area contributed by atoms with E-state index >= 15 is 0 Å². The lowest BCUT2D eigenvalue weighted by Crippen LogP contribution is -2.42. The molecule has 1 fully saturated rings. The molecule has 1 heterocycles. The van der Waals surface area contributed by atoms with Crippen molar-refractivity contribution in [2.75, 3.05) is 32.0 Å². The summed E-state index contributed by atoms with van der Waals surface area (Å²) in [6.45, 7) is 6.60. The first-order valence-corrected chi connectivity index (χ1v) is 8.86. The van der Waals surface area contributed by atoms with Gasteiger partial charge in [0.1, 0.15) is 0 Å². The summed E-state index contributed by atoms with van der Waals surface area (Å²) in [5.74, 6) is 0.690. The Hall–Kier alpha value is -0.170. The molecule has 0 aromatic rings. The van der Waals surface area contributed by atoms with Crippen molar-refractivity contribution in [3.8, 4) is 0 Å². The summed E-state index contributed by atoms with van der Waals surface area (Å²) >= 11 is 0. The Kier molecular flexibility index (Phi) is 7.28. The van der Waals surface area contributed by atoms with Gasteiger partial charge < -0.3 is 10.5 Å². The number of rotatable bonds is 8. The lowest BCUT2D eigenvalue weighted by atomic mass is 10.1. The Morgan fingerprint density at radius 2 is 1.95 bits per heavy atom. The van der Waals surface area contributed by atoms with E-state index in [0.717, 1.165) is 25.7 Å². The van der Waals surface area contributed by atoms with Crippen molar-refractivity contribution in [1.29, 1.82) is 0 Å². The molecule has 6 heteroatoms. The van der Waals surface area contributed by atoms with Crippen molar-refractivity contribution < 1.29 is 13.2 Å². The summed E-state index contributed by atoms with van der Waals surface area (Å²) in [7, 11) is -3.07. The molecule has 0 saturated carbocycles.